The molecule has 0 saturated carbocycles. The Kier molecular flexibility index (Phi) is 7.04. The van der Waals surface area contributed by atoms with Crippen molar-refractivity contribution in [3.05, 3.63) is 107 Å². The molecule has 0 amide bonds. The van der Waals surface area contributed by atoms with Crippen molar-refractivity contribution in [2.75, 3.05) is 7.11 Å². The highest BCUT2D eigenvalue weighted by molar-refractivity contribution is 7.87. The van der Waals surface area contributed by atoms with Crippen LogP contribution in [0.5, 0.6) is 11.5 Å². The Hall–Kier alpha value is -3.88. The molecule has 1 aliphatic heterocycles. The second-order valence-corrected chi connectivity index (χ2v) is 9.42. The molecule has 0 fully saturated rings. The summed E-state index contributed by atoms with van der Waals surface area (Å²) >= 11 is 5.87. The molecule has 9 heteroatoms. The number of halogens is 1. The van der Waals surface area contributed by atoms with Crippen molar-refractivity contribution in [1.82, 2.24) is 0 Å². The van der Waals surface area contributed by atoms with Gasteiger partial charge in [0.25, 0.3) is 0 Å². The molecular weight excluding hydrogens is 490 g/mol. The van der Waals surface area contributed by atoms with Gasteiger partial charge in [0.1, 0.15) is 10.6 Å². The molecule has 1 heterocycles. The minimum absolute atomic E-state index is 0.0236. The molecule has 0 spiro atoms. The zero-order valence-corrected chi connectivity index (χ0v) is 20.2. The summed E-state index contributed by atoms with van der Waals surface area (Å²) < 4.78 is 36.8. The van der Waals surface area contributed by atoms with Gasteiger partial charge >= 0.3 is 16.1 Å². The van der Waals surface area contributed by atoms with E-state index in [0.29, 0.717) is 21.9 Å². The van der Waals surface area contributed by atoms with E-state index in [0.717, 1.165) is 5.56 Å². The van der Waals surface area contributed by atoms with Crippen LogP contribution in [0.15, 0.2) is 95.0 Å². The third kappa shape index (κ3) is 5.29. The fraction of sp³-hybridized carbons (Fsp3) is 0.0769. The summed E-state index contributed by atoms with van der Waals surface area (Å²) in [6.07, 6.45) is 3.49. The quantitative estimate of drug-likeness (QED) is 0.180. The van der Waals surface area contributed by atoms with Gasteiger partial charge in [-0.3, -0.25) is 0 Å². The van der Waals surface area contributed by atoms with Gasteiger partial charge in [-0.25, -0.2) is 4.79 Å². The topological polar surface area (TPSA) is 91.3 Å². The second kappa shape index (κ2) is 10.2. The Morgan fingerprint density at radius 1 is 1.09 bits per heavy atom. The van der Waals surface area contributed by atoms with Crippen LogP contribution in [0.2, 0.25) is 5.02 Å². The van der Waals surface area contributed by atoms with E-state index in [4.69, 9.17) is 25.4 Å². The normalized spacial score (nSPS) is 14.4. The molecular formula is C26H20ClNO6S. The Labute approximate surface area is 208 Å². The van der Waals surface area contributed by atoms with Crippen LogP contribution < -0.4 is 8.92 Å². The van der Waals surface area contributed by atoms with Crippen LogP contribution in [0, 0.1) is 0 Å². The number of hydrogen-bond donors (Lipinski definition) is 0. The molecule has 0 radical (unpaired) electrons. The molecule has 7 nitrogen and oxygen atoms in total. The molecule has 3 aromatic rings. The number of methoxy groups -OCH3 is 1. The monoisotopic (exact) mass is 509 g/mol. The van der Waals surface area contributed by atoms with Gasteiger partial charge < -0.3 is 13.8 Å². The molecule has 0 saturated heterocycles. The minimum Gasteiger partial charge on any atom is -0.493 e. The highest BCUT2D eigenvalue weighted by Gasteiger charge is 2.28. The maximum atomic E-state index is 12.9. The third-order valence-electron chi connectivity index (χ3n) is 5.09. The van der Waals surface area contributed by atoms with Gasteiger partial charge in [0.2, 0.25) is 0 Å². The summed E-state index contributed by atoms with van der Waals surface area (Å²) in [7, 11) is -2.78. The van der Waals surface area contributed by atoms with Gasteiger partial charge in [-0.15, -0.1) is 6.58 Å². The van der Waals surface area contributed by atoms with E-state index in [1.807, 2.05) is 30.3 Å². The highest BCUT2D eigenvalue weighted by Crippen LogP contribution is 2.37. The number of carbonyl (C=O) groups excluding carboxylic acids is 1. The zero-order chi connectivity index (χ0) is 25.0. The predicted molar refractivity (Wildman–Crippen MR) is 133 cm³/mol. The predicted octanol–water partition coefficient (Wildman–Crippen LogP) is 5.19. The van der Waals surface area contributed by atoms with Crippen molar-refractivity contribution in [3.63, 3.8) is 0 Å². The van der Waals surface area contributed by atoms with E-state index in [1.165, 1.54) is 31.4 Å². The number of rotatable bonds is 8. The van der Waals surface area contributed by atoms with Crippen LogP contribution in [-0.4, -0.2) is 27.2 Å². The van der Waals surface area contributed by atoms with Crippen LogP contribution in [0.1, 0.15) is 16.7 Å². The summed E-state index contributed by atoms with van der Waals surface area (Å²) in [6, 6.07) is 18.0. The molecule has 178 valence electrons. The van der Waals surface area contributed by atoms with E-state index in [2.05, 4.69) is 11.7 Å². The Morgan fingerprint density at radius 3 is 2.46 bits per heavy atom. The van der Waals surface area contributed by atoms with Crippen molar-refractivity contribution in [2.45, 2.75) is 11.3 Å². The lowest BCUT2D eigenvalue weighted by molar-refractivity contribution is -0.136. The number of benzene rings is 3. The lowest BCUT2D eigenvalue weighted by atomic mass is 9.99. The standard InChI is InChI=1S/C26H20ClNO6S/c1-3-7-19-14-17(15-22-24(28-33-26(22)29)18-8-5-4-6-9-18)16-23(32-2)25(19)34-35(30,31)21-12-10-20(27)11-13-21/h3-6,8-16H,1,7H2,2H3/b22-15-. The van der Waals surface area contributed by atoms with Gasteiger partial charge in [0, 0.05) is 16.1 Å². The molecule has 0 unspecified atom stereocenters. The number of nitrogens with zero attached hydrogens (tertiary/aromatic N) is 1. The van der Waals surface area contributed by atoms with Crippen LogP contribution in [0.3, 0.4) is 0 Å². The van der Waals surface area contributed by atoms with E-state index in [-0.39, 0.29) is 28.4 Å². The van der Waals surface area contributed by atoms with Crippen molar-refractivity contribution in [2.24, 2.45) is 5.16 Å². The molecule has 0 aromatic heterocycles. The SMILES string of the molecule is C=CCc1cc(/C=C2\C(=O)ON=C2c2ccccc2)cc(OC)c1OS(=O)(=O)c1ccc(Cl)cc1. The van der Waals surface area contributed by atoms with E-state index >= 15 is 0 Å². The van der Waals surface area contributed by atoms with Gasteiger partial charge in [0.15, 0.2) is 11.5 Å². The van der Waals surface area contributed by atoms with Crippen LogP contribution >= 0.6 is 11.6 Å². The molecule has 0 N–H and O–H groups in total. The van der Waals surface area contributed by atoms with E-state index in [9.17, 15) is 13.2 Å². The van der Waals surface area contributed by atoms with Crippen LogP contribution in [0.25, 0.3) is 6.08 Å². The summed E-state index contributed by atoms with van der Waals surface area (Å²) in [5.41, 5.74) is 2.42. The minimum atomic E-state index is -4.17. The summed E-state index contributed by atoms with van der Waals surface area (Å²) in [4.78, 5) is 17.2. The lowest BCUT2D eigenvalue weighted by Crippen LogP contribution is -2.12. The number of carbonyl (C=O) groups is 1. The first-order valence-electron chi connectivity index (χ1n) is 10.4. The van der Waals surface area contributed by atoms with Crippen molar-refractivity contribution in [3.8, 4) is 11.5 Å². The van der Waals surface area contributed by atoms with Crippen molar-refractivity contribution >= 4 is 39.5 Å². The Balaban J connectivity index is 1.76. The van der Waals surface area contributed by atoms with Gasteiger partial charge in [0.05, 0.1) is 12.7 Å². The van der Waals surface area contributed by atoms with Gasteiger partial charge in [-0.2, -0.15) is 8.42 Å². The number of ether oxygens (including phenoxy) is 1. The van der Waals surface area contributed by atoms with Crippen molar-refractivity contribution in [1.29, 1.82) is 0 Å². The second-order valence-electron chi connectivity index (χ2n) is 7.44. The third-order valence-corrected chi connectivity index (χ3v) is 6.57. The Morgan fingerprint density at radius 2 is 1.80 bits per heavy atom. The maximum Gasteiger partial charge on any atom is 0.368 e. The summed E-state index contributed by atoms with van der Waals surface area (Å²) in [5, 5.41) is 4.31. The molecule has 35 heavy (non-hydrogen) atoms. The molecule has 3 aromatic carbocycles. The van der Waals surface area contributed by atoms with Crippen LogP contribution in [-0.2, 0) is 26.2 Å². The Bertz CT molecular complexity index is 1450. The van der Waals surface area contributed by atoms with Crippen molar-refractivity contribution < 1.29 is 27.0 Å². The molecule has 1 aliphatic rings. The van der Waals surface area contributed by atoms with E-state index < -0.39 is 16.1 Å². The van der Waals surface area contributed by atoms with Gasteiger partial charge in [-0.1, -0.05) is 53.2 Å². The first-order chi connectivity index (χ1) is 16.8. The fourth-order valence-corrected chi connectivity index (χ4v) is 4.56. The summed E-state index contributed by atoms with van der Waals surface area (Å²) in [5.74, 6) is -0.410. The van der Waals surface area contributed by atoms with Crippen LogP contribution in [0.4, 0.5) is 0 Å². The largest absolute Gasteiger partial charge is 0.493 e. The highest BCUT2D eigenvalue weighted by atomic mass is 35.5. The molecule has 0 aliphatic carbocycles. The van der Waals surface area contributed by atoms with Gasteiger partial charge in [-0.05, 0) is 54.5 Å². The molecule has 4 rings (SSSR count). The number of oxime groups is 1. The smallest absolute Gasteiger partial charge is 0.368 e. The maximum absolute atomic E-state index is 12.9. The average molecular weight is 510 g/mol. The number of hydrogen-bond acceptors (Lipinski definition) is 7. The average Bonchev–Trinajstić information content (AvgIpc) is 3.21. The summed E-state index contributed by atoms with van der Waals surface area (Å²) in [6.45, 7) is 3.74. The first kappa shape index (κ1) is 24.3. The molecule has 0 bridgehead atoms. The lowest BCUT2D eigenvalue weighted by Gasteiger charge is -2.16. The zero-order valence-electron chi connectivity index (χ0n) is 18.6. The number of allylic oxidation sites excluding steroid dienone is 1. The van der Waals surface area contributed by atoms with E-state index in [1.54, 1.807) is 24.3 Å². The fourth-order valence-electron chi connectivity index (χ4n) is 3.46. The molecule has 0 atom stereocenters. The first-order valence-corrected chi connectivity index (χ1v) is 12.2.